The van der Waals surface area contributed by atoms with E-state index in [1.54, 1.807) is 42.8 Å². The van der Waals surface area contributed by atoms with E-state index in [4.69, 9.17) is 5.11 Å². The Labute approximate surface area is 355 Å². The van der Waals surface area contributed by atoms with Gasteiger partial charge in [-0.15, -0.1) is 11.3 Å². The third-order valence-electron chi connectivity index (χ3n) is 8.60. The van der Waals surface area contributed by atoms with Crippen molar-refractivity contribution in [3.05, 3.63) is 61.9 Å². The zero-order valence-electron chi connectivity index (χ0n) is 39.5. The summed E-state index contributed by atoms with van der Waals surface area (Å²) in [5.74, 6) is 1.38. The number of carboxylic acids is 1. The number of carbonyl (C=O) groups excluding carboxylic acids is 2. The summed E-state index contributed by atoms with van der Waals surface area (Å²) in [6.45, 7) is 33.4. The van der Waals surface area contributed by atoms with Gasteiger partial charge >= 0.3 is 5.97 Å². The highest BCUT2D eigenvalue weighted by Gasteiger charge is 2.13. The SMILES string of the molecule is CC(C)C.CCC/C=c1\sc(C)n\c1=C\C1=C(C)CCCC1.CCCC(C)(C)C.CCCC(CCC(C)C)C(C)=O.CCCCNC=O.O=C(O)c1ccccc1. The molecule has 1 atom stereocenters. The highest BCUT2D eigenvalue weighted by Crippen LogP contribution is 2.25. The highest BCUT2D eigenvalue weighted by molar-refractivity contribution is 7.09. The van der Waals surface area contributed by atoms with Gasteiger partial charge in [0.2, 0.25) is 6.41 Å². The first-order valence-electron chi connectivity index (χ1n) is 22.1. The van der Waals surface area contributed by atoms with Crippen LogP contribution in [0.15, 0.2) is 41.5 Å². The van der Waals surface area contributed by atoms with Crippen LogP contribution in [0, 0.1) is 30.1 Å². The second-order valence-electron chi connectivity index (χ2n) is 17.3. The molecule has 0 aliphatic heterocycles. The Kier molecular flexibility index (Phi) is 38.0. The van der Waals surface area contributed by atoms with Gasteiger partial charge in [0.1, 0.15) is 5.78 Å². The topological polar surface area (TPSA) is 96.4 Å². The molecule has 6 nitrogen and oxygen atoms in total. The second kappa shape index (κ2) is 37.2. The molecular weight excluding hydrogens is 725 g/mol. The summed E-state index contributed by atoms with van der Waals surface area (Å²) in [7, 11) is 0. The summed E-state index contributed by atoms with van der Waals surface area (Å²) in [5, 5.41) is 13.3. The fourth-order valence-corrected chi connectivity index (χ4v) is 6.40. The normalized spacial score (nSPS) is 13.3. The lowest BCUT2D eigenvalue weighted by atomic mass is 9.91. The van der Waals surface area contributed by atoms with Crippen molar-refractivity contribution < 1.29 is 19.5 Å². The first kappa shape index (κ1) is 58.3. The molecule has 0 radical (unpaired) electrons. The molecule has 1 amide bonds. The smallest absolute Gasteiger partial charge is 0.335 e. The van der Waals surface area contributed by atoms with E-state index >= 15 is 0 Å². The summed E-state index contributed by atoms with van der Waals surface area (Å²) < 4.78 is 1.36. The number of ketones is 1. The van der Waals surface area contributed by atoms with Crippen molar-refractivity contribution in [3.63, 3.8) is 0 Å². The Morgan fingerprint density at radius 3 is 1.88 bits per heavy atom. The van der Waals surface area contributed by atoms with Crippen molar-refractivity contribution in [2.75, 3.05) is 6.54 Å². The largest absolute Gasteiger partial charge is 0.478 e. The third kappa shape index (κ3) is 38.2. The fourth-order valence-electron chi connectivity index (χ4n) is 5.53. The van der Waals surface area contributed by atoms with Gasteiger partial charge in [-0.2, -0.15) is 0 Å². The molecule has 3 rings (SSSR count). The maximum absolute atomic E-state index is 11.1. The molecule has 1 aromatic carbocycles. The standard InChI is InChI=1S/C16H23NS.C11H22O.C7H6O2.C7H16.C5H11NO.C4H10/c1-4-5-10-16-15(17-13(3)18-16)11-14-9-7-6-8-12(14)2;1-5-6-11(10(4)12)8-7-9(2)3;8-7(9)6-4-2-1-3-5-6;1-5-6-7(2,3)4;1-2-3-4-6-5-7;1-4(2)3/h10-11H,4-9H2,1-3H3;9,11H,5-8H2,1-4H3;1-5H,(H,8,9);5-6H2,1-4H3;5H,2-4H2,1H3,(H,6,7);4H,1-3H3/b15-11+,16-10-;;;;;. The first-order valence-corrected chi connectivity index (χ1v) is 22.9. The van der Waals surface area contributed by atoms with Crippen LogP contribution in [0.2, 0.25) is 0 Å². The number of thiazole rings is 1. The number of nitrogens with zero attached hydrogens (tertiary/aromatic N) is 1. The number of Topliss-reactive ketones (excluding diaryl/α,β-unsaturated/α-hetero) is 1. The predicted octanol–water partition coefficient (Wildman–Crippen LogP) is 13.5. The third-order valence-corrected chi connectivity index (χ3v) is 9.58. The molecule has 0 bridgehead atoms. The number of allylic oxidation sites excluding steroid dienone is 2. The van der Waals surface area contributed by atoms with Gasteiger partial charge in [0, 0.05) is 12.5 Å². The van der Waals surface area contributed by atoms with Crippen molar-refractivity contribution in [2.45, 2.75) is 194 Å². The van der Waals surface area contributed by atoms with Gasteiger partial charge < -0.3 is 10.4 Å². The van der Waals surface area contributed by atoms with Gasteiger partial charge in [-0.3, -0.25) is 9.59 Å². The Balaban J connectivity index is -0.000000656. The number of aryl methyl sites for hydroxylation is 1. The zero-order valence-corrected chi connectivity index (χ0v) is 40.3. The van der Waals surface area contributed by atoms with Crippen LogP contribution in [0.4, 0.5) is 0 Å². The molecule has 328 valence electrons. The van der Waals surface area contributed by atoms with Crippen LogP contribution >= 0.6 is 11.3 Å². The molecule has 0 saturated heterocycles. The minimum atomic E-state index is -0.879. The van der Waals surface area contributed by atoms with Crippen molar-refractivity contribution >= 4 is 41.7 Å². The molecule has 1 unspecified atom stereocenters. The lowest BCUT2D eigenvalue weighted by Gasteiger charge is -2.15. The van der Waals surface area contributed by atoms with Crippen LogP contribution in [-0.2, 0) is 9.59 Å². The number of unbranched alkanes of at least 4 members (excludes halogenated alkanes) is 2. The minimum absolute atomic E-state index is 0.331. The lowest BCUT2D eigenvalue weighted by molar-refractivity contribution is -0.121. The van der Waals surface area contributed by atoms with Crippen LogP contribution in [0.5, 0.6) is 0 Å². The van der Waals surface area contributed by atoms with Gasteiger partial charge in [0.15, 0.2) is 0 Å². The van der Waals surface area contributed by atoms with Gasteiger partial charge in [0.25, 0.3) is 0 Å². The molecule has 2 aromatic rings. The number of amides is 1. The highest BCUT2D eigenvalue weighted by atomic mass is 32.1. The number of aromatic carboxylic acids is 1. The molecule has 57 heavy (non-hydrogen) atoms. The van der Waals surface area contributed by atoms with Gasteiger partial charge in [-0.1, -0.05) is 145 Å². The van der Waals surface area contributed by atoms with E-state index in [-0.39, 0.29) is 0 Å². The zero-order chi connectivity index (χ0) is 44.2. The average Bonchev–Trinajstić information content (AvgIpc) is 3.49. The Morgan fingerprint density at radius 2 is 1.47 bits per heavy atom. The lowest BCUT2D eigenvalue weighted by Crippen LogP contribution is -2.21. The summed E-state index contributed by atoms with van der Waals surface area (Å²) in [6, 6.07) is 8.30. The molecule has 7 heteroatoms. The average molecular weight is 813 g/mol. The maximum atomic E-state index is 11.1. The van der Waals surface area contributed by atoms with E-state index in [9.17, 15) is 14.4 Å². The van der Waals surface area contributed by atoms with Crippen LogP contribution in [0.3, 0.4) is 0 Å². The molecule has 1 heterocycles. The number of aromatic nitrogens is 1. The molecule has 0 saturated carbocycles. The molecule has 0 spiro atoms. The molecule has 2 N–H and O–H groups in total. The second-order valence-corrected chi connectivity index (χ2v) is 18.6. The van der Waals surface area contributed by atoms with Gasteiger partial charge in [0.05, 0.1) is 20.5 Å². The Bertz CT molecular complexity index is 1430. The van der Waals surface area contributed by atoms with Crippen LogP contribution < -0.4 is 15.2 Å². The molecule has 1 aliphatic carbocycles. The van der Waals surface area contributed by atoms with Crippen LogP contribution in [-0.4, -0.2) is 34.8 Å². The number of carboxylic acid groups (broad SMARTS) is 1. The first-order chi connectivity index (χ1) is 26.8. The van der Waals surface area contributed by atoms with E-state index < -0.39 is 5.97 Å². The summed E-state index contributed by atoms with van der Waals surface area (Å²) >= 11 is 1.82. The van der Waals surface area contributed by atoms with Crippen LogP contribution in [0.25, 0.3) is 12.2 Å². The molecule has 1 aliphatic rings. The number of nitrogens with one attached hydrogen (secondary N) is 1. The quantitative estimate of drug-likeness (QED) is 0.138. The van der Waals surface area contributed by atoms with Crippen molar-refractivity contribution in [2.24, 2.45) is 23.2 Å². The van der Waals surface area contributed by atoms with Crippen molar-refractivity contribution in [3.8, 4) is 0 Å². The fraction of sp³-hybridized carbons (Fsp3) is 0.680. The number of benzene rings is 1. The summed E-state index contributed by atoms with van der Waals surface area (Å²) in [5.41, 5.74) is 3.97. The summed E-state index contributed by atoms with van der Waals surface area (Å²) in [6.07, 6.45) is 22.3. The molecule has 0 fully saturated rings. The maximum Gasteiger partial charge on any atom is 0.335 e. The molecule has 1 aromatic heterocycles. The number of rotatable bonds is 15. The summed E-state index contributed by atoms with van der Waals surface area (Å²) in [4.78, 5) is 35.6. The molecular formula is C50H88N2O4S. The van der Waals surface area contributed by atoms with Crippen molar-refractivity contribution in [1.82, 2.24) is 10.3 Å². The Hall–Kier alpha value is -3.06. The number of hydrogen-bond donors (Lipinski definition) is 2. The monoisotopic (exact) mass is 813 g/mol. The van der Waals surface area contributed by atoms with E-state index in [1.807, 2.05) is 11.3 Å². The van der Waals surface area contributed by atoms with E-state index in [0.29, 0.717) is 22.7 Å². The van der Waals surface area contributed by atoms with Gasteiger partial charge in [-0.05, 0) is 120 Å². The van der Waals surface area contributed by atoms with E-state index in [0.717, 1.165) is 63.3 Å². The minimum Gasteiger partial charge on any atom is -0.478 e. The number of carbonyl (C=O) groups is 3. The predicted molar refractivity (Wildman–Crippen MR) is 252 cm³/mol. The Morgan fingerprint density at radius 1 is 0.877 bits per heavy atom. The van der Waals surface area contributed by atoms with Crippen molar-refractivity contribution in [1.29, 1.82) is 0 Å². The van der Waals surface area contributed by atoms with Gasteiger partial charge in [-0.25, -0.2) is 9.78 Å². The van der Waals surface area contributed by atoms with E-state index in [2.05, 4.69) is 119 Å². The van der Waals surface area contributed by atoms with Crippen LogP contribution in [0.1, 0.15) is 202 Å². The van der Waals surface area contributed by atoms with E-state index in [1.165, 1.54) is 71.8 Å². The number of hydrogen-bond acceptors (Lipinski definition) is 5.